The number of rotatable bonds is 12. The number of thioether (sulfide) groups is 1. The predicted octanol–water partition coefficient (Wildman–Crippen LogP) is 5.15. The first-order valence-corrected chi connectivity index (χ1v) is 11.8. The van der Waals surface area contributed by atoms with E-state index in [9.17, 15) is 4.79 Å². The van der Waals surface area contributed by atoms with E-state index in [1.807, 2.05) is 60.0 Å². The zero-order valence-corrected chi connectivity index (χ0v) is 19.8. The van der Waals surface area contributed by atoms with E-state index in [1.54, 1.807) is 7.11 Å². The number of ether oxygens (including phenoxy) is 2. The number of para-hydroxylation sites is 2. The van der Waals surface area contributed by atoms with Gasteiger partial charge in [0.2, 0.25) is 5.91 Å². The highest BCUT2D eigenvalue weighted by Gasteiger charge is 2.18. The Bertz CT molecular complexity index is 1030. The van der Waals surface area contributed by atoms with Gasteiger partial charge in [-0.1, -0.05) is 54.6 Å². The van der Waals surface area contributed by atoms with E-state index in [1.165, 1.54) is 11.8 Å². The summed E-state index contributed by atoms with van der Waals surface area (Å²) in [5, 5.41) is 12.9. The summed E-state index contributed by atoms with van der Waals surface area (Å²) >= 11 is 7.71. The molecule has 1 aromatic heterocycles. The highest BCUT2D eigenvalue weighted by atomic mass is 35.5. The summed E-state index contributed by atoms with van der Waals surface area (Å²) in [6, 6.07) is 14.9. The van der Waals surface area contributed by atoms with E-state index in [0.717, 1.165) is 18.4 Å². The molecule has 0 unspecified atom stereocenters. The second-order valence-corrected chi connectivity index (χ2v) is 8.32. The number of halogens is 1. The van der Waals surface area contributed by atoms with Crippen LogP contribution in [0.4, 0.5) is 5.69 Å². The van der Waals surface area contributed by atoms with Crippen LogP contribution in [0.3, 0.4) is 0 Å². The summed E-state index contributed by atoms with van der Waals surface area (Å²) in [7, 11) is 1.67. The van der Waals surface area contributed by atoms with Crippen molar-refractivity contribution in [2.75, 3.05) is 31.4 Å². The SMILES string of the molecule is CCCOc1ccccc1NC(=O)CSc1nnc(-c2ccccc2Cl)n1CCCOC. The predicted molar refractivity (Wildman–Crippen MR) is 129 cm³/mol. The third kappa shape index (κ3) is 6.48. The molecule has 0 aliphatic rings. The number of nitrogens with zero attached hydrogens (tertiary/aromatic N) is 3. The fraction of sp³-hybridized carbons (Fsp3) is 0.348. The van der Waals surface area contributed by atoms with Crippen LogP contribution < -0.4 is 10.1 Å². The molecule has 2 aromatic carbocycles. The molecule has 0 saturated heterocycles. The molecule has 170 valence electrons. The number of amides is 1. The smallest absolute Gasteiger partial charge is 0.234 e. The minimum Gasteiger partial charge on any atom is -0.491 e. The molecule has 0 aliphatic carbocycles. The third-order valence-electron chi connectivity index (χ3n) is 4.52. The molecule has 0 spiro atoms. The van der Waals surface area contributed by atoms with Crippen LogP contribution in [0.2, 0.25) is 5.02 Å². The van der Waals surface area contributed by atoms with Crippen molar-refractivity contribution >= 4 is 35.0 Å². The summed E-state index contributed by atoms with van der Waals surface area (Å²) in [5.74, 6) is 1.38. The van der Waals surface area contributed by atoms with Crippen LogP contribution in [0, 0.1) is 0 Å². The van der Waals surface area contributed by atoms with E-state index in [-0.39, 0.29) is 11.7 Å². The van der Waals surface area contributed by atoms with E-state index >= 15 is 0 Å². The van der Waals surface area contributed by atoms with Gasteiger partial charge in [0.05, 0.1) is 23.1 Å². The van der Waals surface area contributed by atoms with E-state index in [4.69, 9.17) is 21.1 Å². The van der Waals surface area contributed by atoms with Gasteiger partial charge in [0.15, 0.2) is 11.0 Å². The summed E-state index contributed by atoms with van der Waals surface area (Å²) in [6.45, 7) is 3.90. The maximum Gasteiger partial charge on any atom is 0.234 e. The van der Waals surface area contributed by atoms with Crippen LogP contribution in [-0.2, 0) is 16.1 Å². The van der Waals surface area contributed by atoms with Crippen LogP contribution in [0.5, 0.6) is 5.75 Å². The normalized spacial score (nSPS) is 10.8. The third-order valence-corrected chi connectivity index (χ3v) is 5.81. The van der Waals surface area contributed by atoms with Gasteiger partial charge < -0.3 is 19.4 Å². The van der Waals surface area contributed by atoms with Gasteiger partial charge in [-0.15, -0.1) is 10.2 Å². The second-order valence-electron chi connectivity index (χ2n) is 6.97. The van der Waals surface area contributed by atoms with Crippen molar-refractivity contribution in [1.29, 1.82) is 0 Å². The van der Waals surface area contributed by atoms with Crippen molar-refractivity contribution in [2.24, 2.45) is 0 Å². The molecule has 0 atom stereocenters. The minimum absolute atomic E-state index is 0.145. The number of aromatic nitrogens is 3. The highest BCUT2D eigenvalue weighted by Crippen LogP contribution is 2.30. The number of carbonyl (C=O) groups excluding carboxylic acids is 1. The van der Waals surface area contributed by atoms with Gasteiger partial charge in [-0.2, -0.15) is 0 Å². The lowest BCUT2D eigenvalue weighted by molar-refractivity contribution is -0.113. The molecule has 3 rings (SSSR count). The van der Waals surface area contributed by atoms with Crippen LogP contribution >= 0.6 is 23.4 Å². The Kier molecular flexibility index (Phi) is 9.40. The molecule has 0 radical (unpaired) electrons. The number of hydrogen-bond acceptors (Lipinski definition) is 6. The van der Waals surface area contributed by atoms with Crippen molar-refractivity contribution in [3.63, 3.8) is 0 Å². The Morgan fingerprint density at radius 3 is 2.69 bits per heavy atom. The van der Waals surface area contributed by atoms with Crippen LogP contribution in [0.15, 0.2) is 53.7 Å². The number of methoxy groups -OCH3 is 1. The van der Waals surface area contributed by atoms with Crippen LogP contribution in [0.25, 0.3) is 11.4 Å². The number of anilines is 1. The van der Waals surface area contributed by atoms with E-state index in [0.29, 0.717) is 47.2 Å². The topological polar surface area (TPSA) is 78.3 Å². The highest BCUT2D eigenvalue weighted by molar-refractivity contribution is 7.99. The summed E-state index contributed by atoms with van der Waals surface area (Å²) in [5.41, 5.74) is 1.46. The number of hydrogen-bond donors (Lipinski definition) is 1. The average molecular weight is 475 g/mol. The maximum atomic E-state index is 12.6. The van der Waals surface area contributed by atoms with Gasteiger partial charge in [-0.25, -0.2) is 0 Å². The van der Waals surface area contributed by atoms with Crippen molar-refractivity contribution in [3.8, 4) is 17.1 Å². The van der Waals surface area contributed by atoms with Gasteiger partial charge >= 0.3 is 0 Å². The second kappa shape index (κ2) is 12.5. The first-order valence-electron chi connectivity index (χ1n) is 10.5. The number of benzene rings is 2. The van der Waals surface area contributed by atoms with E-state index in [2.05, 4.69) is 15.5 Å². The van der Waals surface area contributed by atoms with Gasteiger partial charge in [0.25, 0.3) is 0 Å². The molecule has 0 fully saturated rings. The molecule has 9 heteroatoms. The largest absolute Gasteiger partial charge is 0.491 e. The monoisotopic (exact) mass is 474 g/mol. The molecule has 3 aromatic rings. The van der Waals surface area contributed by atoms with Gasteiger partial charge in [0, 0.05) is 25.8 Å². The lowest BCUT2D eigenvalue weighted by Crippen LogP contribution is -2.16. The molecule has 7 nitrogen and oxygen atoms in total. The standard InChI is InChI=1S/C23H27ClN4O3S/c1-3-14-31-20-12-7-6-11-19(20)25-21(29)16-32-23-27-26-22(28(23)13-8-15-30-2)17-9-4-5-10-18(17)24/h4-7,9-12H,3,8,13-16H2,1-2H3,(H,25,29). The fourth-order valence-electron chi connectivity index (χ4n) is 3.03. The fourth-order valence-corrected chi connectivity index (χ4v) is 4.01. The molecule has 0 aliphatic heterocycles. The first kappa shape index (κ1) is 24.1. The lowest BCUT2D eigenvalue weighted by Gasteiger charge is -2.12. The zero-order chi connectivity index (χ0) is 22.8. The summed E-state index contributed by atoms with van der Waals surface area (Å²) < 4.78 is 12.9. The number of carbonyl (C=O) groups is 1. The Balaban J connectivity index is 1.72. The lowest BCUT2D eigenvalue weighted by atomic mass is 10.2. The van der Waals surface area contributed by atoms with Gasteiger partial charge in [-0.3, -0.25) is 4.79 Å². The Morgan fingerprint density at radius 2 is 1.91 bits per heavy atom. The van der Waals surface area contributed by atoms with Crippen LogP contribution in [0.1, 0.15) is 19.8 Å². The van der Waals surface area contributed by atoms with Crippen molar-refractivity contribution in [2.45, 2.75) is 31.5 Å². The molecule has 1 N–H and O–H groups in total. The average Bonchev–Trinajstić information content (AvgIpc) is 3.20. The Morgan fingerprint density at radius 1 is 1.12 bits per heavy atom. The molecular formula is C23H27ClN4O3S. The summed E-state index contributed by atoms with van der Waals surface area (Å²) in [6.07, 6.45) is 1.68. The van der Waals surface area contributed by atoms with Crippen LogP contribution in [-0.4, -0.2) is 46.7 Å². The molecule has 0 bridgehead atoms. The van der Waals surface area contributed by atoms with Crippen molar-refractivity contribution in [3.05, 3.63) is 53.6 Å². The van der Waals surface area contributed by atoms with Gasteiger partial charge in [0.1, 0.15) is 5.75 Å². The minimum atomic E-state index is -0.145. The Hall–Kier alpha value is -2.55. The molecule has 1 amide bonds. The van der Waals surface area contributed by atoms with Crippen molar-refractivity contribution < 1.29 is 14.3 Å². The van der Waals surface area contributed by atoms with Gasteiger partial charge in [-0.05, 0) is 37.1 Å². The molecular weight excluding hydrogens is 448 g/mol. The quantitative estimate of drug-likeness (QED) is 0.289. The van der Waals surface area contributed by atoms with E-state index < -0.39 is 0 Å². The van der Waals surface area contributed by atoms with Crippen molar-refractivity contribution in [1.82, 2.24) is 14.8 Å². The zero-order valence-electron chi connectivity index (χ0n) is 18.2. The Labute approximate surface area is 197 Å². The maximum absolute atomic E-state index is 12.6. The number of nitrogens with one attached hydrogen (secondary N) is 1. The molecule has 1 heterocycles. The summed E-state index contributed by atoms with van der Waals surface area (Å²) in [4.78, 5) is 12.6. The molecule has 0 saturated carbocycles. The first-order chi connectivity index (χ1) is 15.6. The molecule has 32 heavy (non-hydrogen) atoms.